The zero-order valence-electron chi connectivity index (χ0n) is 17.9. The van der Waals surface area contributed by atoms with E-state index >= 15 is 0 Å². The molecule has 0 saturated heterocycles. The molecule has 4 rings (SSSR count). The largest absolute Gasteiger partial charge is 0.504 e. The molecular formula is C28H24O5. The zero-order valence-corrected chi connectivity index (χ0v) is 17.9. The molecule has 4 aromatic rings. The molecule has 0 atom stereocenters. The second kappa shape index (κ2) is 9.92. The van der Waals surface area contributed by atoms with Gasteiger partial charge in [-0.05, 0) is 16.7 Å². The van der Waals surface area contributed by atoms with Gasteiger partial charge < -0.3 is 20.1 Å². The van der Waals surface area contributed by atoms with Crippen LogP contribution in [0.2, 0.25) is 0 Å². The lowest BCUT2D eigenvalue weighted by molar-refractivity contribution is 0.0693. The van der Waals surface area contributed by atoms with Crippen molar-refractivity contribution in [2.24, 2.45) is 0 Å². The summed E-state index contributed by atoms with van der Waals surface area (Å²) < 4.78 is 5.93. The van der Waals surface area contributed by atoms with Gasteiger partial charge in [0.1, 0.15) is 6.61 Å². The molecule has 3 N–H and O–H groups in total. The highest BCUT2D eigenvalue weighted by Gasteiger charge is 2.28. The average molecular weight is 440 g/mol. The first-order valence-electron chi connectivity index (χ1n) is 10.6. The number of aromatic hydroxyl groups is 2. The second-order valence-corrected chi connectivity index (χ2v) is 7.76. The van der Waals surface area contributed by atoms with Gasteiger partial charge in [0.2, 0.25) is 5.75 Å². The fraction of sp³-hybridized carbons (Fsp3) is 0.107. The summed E-state index contributed by atoms with van der Waals surface area (Å²) in [6.45, 7) is 0.118. The highest BCUT2D eigenvalue weighted by molar-refractivity contribution is 5.94. The van der Waals surface area contributed by atoms with E-state index < -0.39 is 17.5 Å². The summed E-state index contributed by atoms with van der Waals surface area (Å²) in [7, 11) is 0. The van der Waals surface area contributed by atoms with Gasteiger partial charge >= 0.3 is 5.97 Å². The maximum atomic E-state index is 12.5. The molecule has 0 heterocycles. The van der Waals surface area contributed by atoms with Crippen LogP contribution in [0.15, 0.2) is 91.0 Å². The average Bonchev–Trinajstić information content (AvgIpc) is 2.84. The van der Waals surface area contributed by atoms with E-state index in [4.69, 9.17) is 4.74 Å². The van der Waals surface area contributed by atoms with Crippen LogP contribution in [-0.2, 0) is 19.4 Å². The maximum Gasteiger partial charge on any atom is 0.336 e. The van der Waals surface area contributed by atoms with E-state index in [1.165, 1.54) is 0 Å². The molecule has 0 aliphatic carbocycles. The Balaban J connectivity index is 1.86. The van der Waals surface area contributed by atoms with Crippen LogP contribution in [-0.4, -0.2) is 21.3 Å². The van der Waals surface area contributed by atoms with Crippen molar-refractivity contribution in [1.29, 1.82) is 0 Å². The van der Waals surface area contributed by atoms with E-state index in [1.54, 1.807) is 0 Å². The minimum atomic E-state index is -1.19. The van der Waals surface area contributed by atoms with Crippen LogP contribution in [0, 0.1) is 0 Å². The summed E-state index contributed by atoms with van der Waals surface area (Å²) in [6.07, 6.45) is 0.380. The number of carboxylic acids is 1. The first-order chi connectivity index (χ1) is 16.0. The lowest BCUT2D eigenvalue weighted by Crippen LogP contribution is -2.12. The van der Waals surface area contributed by atoms with Crippen molar-refractivity contribution >= 4 is 5.97 Å². The van der Waals surface area contributed by atoms with Crippen LogP contribution in [0.3, 0.4) is 0 Å². The van der Waals surface area contributed by atoms with Gasteiger partial charge in [0.25, 0.3) is 0 Å². The van der Waals surface area contributed by atoms with Gasteiger partial charge in [-0.1, -0.05) is 91.0 Å². The van der Waals surface area contributed by atoms with Crippen molar-refractivity contribution in [2.45, 2.75) is 19.4 Å². The van der Waals surface area contributed by atoms with E-state index in [0.29, 0.717) is 5.56 Å². The molecule has 0 bridgehead atoms. The number of ether oxygens (including phenoxy) is 1. The Hall–Kier alpha value is -4.25. The lowest BCUT2D eigenvalue weighted by atomic mass is 9.90. The minimum absolute atomic E-state index is 0.0191. The van der Waals surface area contributed by atoms with Gasteiger partial charge in [0.15, 0.2) is 11.5 Å². The number of phenolic OH excluding ortho intramolecular Hbond substituents is 2. The highest BCUT2D eigenvalue weighted by atomic mass is 16.5. The Kier molecular flexibility index (Phi) is 6.60. The monoisotopic (exact) mass is 440 g/mol. The summed E-state index contributed by atoms with van der Waals surface area (Å²) in [4.78, 5) is 12.5. The topological polar surface area (TPSA) is 87.0 Å². The fourth-order valence-electron chi connectivity index (χ4n) is 3.89. The number of rotatable bonds is 8. The maximum absolute atomic E-state index is 12.5. The highest BCUT2D eigenvalue weighted by Crippen LogP contribution is 2.46. The van der Waals surface area contributed by atoms with Gasteiger partial charge in [-0.3, -0.25) is 0 Å². The number of hydrogen-bond acceptors (Lipinski definition) is 4. The third-order valence-corrected chi connectivity index (χ3v) is 5.49. The summed E-state index contributed by atoms with van der Waals surface area (Å²) >= 11 is 0. The molecular weight excluding hydrogens is 416 g/mol. The van der Waals surface area contributed by atoms with Crippen LogP contribution < -0.4 is 4.74 Å². The third-order valence-electron chi connectivity index (χ3n) is 5.49. The Morgan fingerprint density at radius 3 is 1.58 bits per heavy atom. The van der Waals surface area contributed by atoms with Crippen molar-refractivity contribution in [3.63, 3.8) is 0 Å². The van der Waals surface area contributed by atoms with Crippen molar-refractivity contribution in [3.8, 4) is 17.2 Å². The Morgan fingerprint density at radius 2 is 1.09 bits per heavy atom. The van der Waals surface area contributed by atoms with E-state index in [2.05, 4.69) is 0 Å². The standard InChI is InChI=1S/C28H24O5/c29-25-22(16-19-10-4-1-5-11-19)24(28(31)32)23(17-20-12-6-2-7-13-20)27(26(25)30)33-18-21-14-8-3-9-15-21/h1-15,29-30H,16-18H2,(H,31,32). The van der Waals surface area contributed by atoms with Crippen LogP contribution in [0.1, 0.15) is 38.2 Å². The number of hydrogen-bond donors (Lipinski definition) is 3. The SMILES string of the molecule is O=C(O)c1c(Cc2ccccc2)c(O)c(O)c(OCc2ccccc2)c1Cc1ccccc1. The van der Waals surface area contributed by atoms with Crippen LogP contribution >= 0.6 is 0 Å². The Labute approximate surface area is 192 Å². The first kappa shape index (κ1) is 22.0. The predicted molar refractivity (Wildman–Crippen MR) is 126 cm³/mol. The molecule has 0 radical (unpaired) electrons. The molecule has 0 amide bonds. The summed E-state index contributed by atoms with van der Waals surface area (Å²) in [6, 6.07) is 28.0. The van der Waals surface area contributed by atoms with Crippen molar-refractivity contribution < 1.29 is 24.9 Å². The molecule has 0 aromatic heterocycles. The van der Waals surface area contributed by atoms with Crippen LogP contribution in [0.4, 0.5) is 0 Å². The number of carboxylic acid groups (broad SMARTS) is 1. The van der Waals surface area contributed by atoms with Crippen LogP contribution in [0.25, 0.3) is 0 Å². The molecule has 0 fully saturated rings. The normalized spacial score (nSPS) is 10.7. The lowest BCUT2D eigenvalue weighted by Gasteiger charge is -2.20. The molecule has 33 heavy (non-hydrogen) atoms. The molecule has 4 aromatic carbocycles. The fourth-order valence-corrected chi connectivity index (χ4v) is 3.89. The molecule has 0 aliphatic rings. The molecule has 0 saturated carbocycles. The Bertz CT molecular complexity index is 1240. The van der Waals surface area contributed by atoms with Crippen molar-refractivity contribution in [1.82, 2.24) is 0 Å². The third kappa shape index (κ3) is 4.99. The molecule has 5 nitrogen and oxygen atoms in total. The van der Waals surface area contributed by atoms with Gasteiger partial charge in [0.05, 0.1) is 5.56 Å². The molecule has 5 heteroatoms. The number of carbonyl (C=O) groups is 1. The van der Waals surface area contributed by atoms with E-state index in [1.807, 2.05) is 91.0 Å². The number of phenols is 2. The quantitative estimate of drug-likeness (QED) is 0.313. The molecule has 0 aliphatic heterocycles. The summed E-state index contributed by atoms with van der Waals surface area (Å²) in [5.74, 6) is -2.13. The molecule has 0 unspecified atom stereocenters. The van der Waals surface area contributed by atoms with Crippen molar-refractivity contribution in [2.75, 3.05) is 0 Å². The smallest absolute Gasteiger partial charge is 0.336 e. The molecule has 0 spiro atoms. The van der Waals surface area contributed by atoms with Crippen molar-refractivity contribution in [3.05, 3.63) is 124 Å². The van der Waals surface area contributed by atoms with Gasteiger partial charge in [-0.25, -0.2) is 4.79 Å². The van der Waals surface area contributed by atoms with E-state index in [-0.39, 0.29) is 36.3 Å². The van der Waals surface area contributed by atoms with Gasteiger partial charge in [-0.2, -0.15) is 0 Å². The Morgan fingerprint density at radius 1 is 0.636 bits per heavy atom. The molecule has 166 valence electrons. The number of benzene rings is 4. The van der Waals surface area contributed by atoms with Gasteiger partial charge in [0, 0.05) is 24.0 Å². The zero-order chi connectivity index (χ0) is 23.2. The minimum Gasteiger partial charge on any atom is -0.504 e. The van der Waals surface area contributed by atoms with E-state index in [9.17, 15) is 20.1 Å². The summed E-state index contributed by atoms with van der Waals surface area (Å²) in [5.41, 5.74) is 2.96. The first-order valence-corrected chi connectivity index (χ1v) is 10.6. The summed E-state index contributed by atoms with van der Waals surface area (Å²) in [5, 5.41) is 32.0. The number of aromatic carboxylic acids is 1. The van der Waals surface area contributed by atoms with Crippen LogP contribution in [0.5, 0.6) is 17.2 Å². The van der Waals surface area contributed by atoms with Gasteiger partial charge in [-0.15, -0.1) is 0 Å². The predicted octanol–water partition coefficient (Wildman–Crippen LogP) is 5.56. The van der Waals surface area contributed by atoms with E-state index in [0.717, 1.165) is 16.7 Å². The second-order valence-electron chi connectivity index (χ2n) is 7.76.